The standard InChI is InChI=1S/C18H26N4O2/c19-11-16-1-2-17(21-7-3-14(12-23)4-8-21)20-18(16)22-9-5-15(13-24)6-10-22/h1-2,14-15,23-24H,3-10,12-13H2. The molecule has 2 aliphatic heterocycles. The third-order valence-corrected chi connectivity index (χ3v) is 5.35. The molecule has 0 bridgehead atoms. The van der Waals surface area contributed by atoms with Gasteiger partial charge in [0.05, 0.1) is 5.56 Å². The second-order valence-electron chi connectivity index (χ2n) is 6.88. The number of anilines is 2. The zero-order valence-corrected chi connectivity index (χ0v) is 14.1. The van der Waals surface area contributed by atoms with Crippen LogP contribution in [0.25, 0.3) is 0 Å². The second-order valence-corrected chi connectivity index (χ2v) is 6.88. The quantitative estimate of drug-likeness (QED) is 0.867. The molecule has 130 valence electrons. The smallest absolute Gasteiger partial charge is 0.148 e. The summed E-state index contributed by atoms with van der Waals surface area (Å²) in [6.07, 6.45) is 3.84. The van der Waals surface area contributed by atoms with Crippen LogP contribution in [0, 0.1) is 23.2 Å². The Morgan fingerprint density at radius 3 is 2.00 bits per heavy atom. The van der Waals surface area contributed by atoms with E-state index in [0.29, 0.717) is 17.4 Å². The van der Waals surface area contributed by atoms with Crippen molar-refractivity contribution < 1.29 is 10.2 Å². The zero-order chi connectivity index (χ0) is 16.9. The van der Waals surface area contributed by atoms with E-state index >= 15 is 0 Å². The van der Waals surface area contributed by atoms with Crippen LogP contribution >= 0.6 is 0 Å². The topological polar surface area (TPSA) is 83.6 Å². The van der Waals surface area contributed by atoms with Gasteiger partial charge in [0.1, 0.15) is 17.7 Å². The normalized spacial score (nSPS) is 20.2. The van der Waals surface area contributed by atoms with Crippen molar-refractivity contribution >= 4 is 11.6 Å². The summed E-state index contributed by atoms with van der Waals surface area (Å²) in [6, 6.07) is 6.06. The lowest BCUT2D eigenvalue weighted by Gasteiger charge is -2.35. The highest BCUT2D eigenvalue weighted by atomic mass is 16.3. The first kappa shape index (κ1) is 17.0. The number of aliphatic hydroxyl groups excluding tert-OH is 2. The van der Waals surface area contributed by atoms with Crippen molar-refractivity contribution in [2.75, 3.05) is 49.2 Å². The molecule has 24 heavy (non-hydrogen) atoms. The minimum atomic E-state index is 0.242. The molecule has 0 spiro atoms. The predicted octanol–water partition coefficient (Wildman–Crippen LogP) is 1.37. The van der Waals surface area contributed by atoms with E-state index in [4.69, 9.17) is 4.98 Å². The minimum Gasteiger partial charge on any atom is -0.396 e. The minimum absolute atomic E-state index is 0.242. The molecule has 2 saturated heterocycles. The molecule has 0 radical (unpaired) electrons. The molecule has 2 N–H and O–H groups in total. The Kier molecular flexibility index (Phi) is 5.54. The number of piperidine rings is 2. The van der Waals surface area contributed by atoms with Crippen LogP contribution in [-0.2, 0) is 0 Å². The fourth-order valence-electron chi connectivity index (χ4n) is 3.61. The summed E-state index contributed by atoms with van der Waals surface area (Å²) in [5.41, 5.74) is 0.617. The van der Waals surface area contributed by atoms with Crippen molar-refractivity contribution in [2.24, 2.45) is 11.8 Å². The van der Waals surface area contributed by atoms with Crippen LogP contribution in [0.15, 0.2) is 12.1 Å². The largest absolute Gasteiger partial charge is 0.396 e. The molecule has 1 aromatic heterocycles. The van der Waals surface area contributed by atoms with E-state index in [2.05, 4.69) is 15.9 Å². The molecule has 1 aromatic rings. The van der Waals surface area contributed by atoms with E-state index in [0.717, 1.165) is 63.5 Å². The van der Waals surface area contributed by atoms with Crippen LogP contribution in [0.5, 0.6) is 0 Å². The molecule has 0 aliphatic carbocycles. The van der Waals surface area contributed by atoms with Gasteiger partial charge in [-0.1, -0.05) is 0 Å². The summed E-state index contributed by atoms with van der Waals surface area (Å²) in [4.78, 5) is 9.22. The van der Waals surface area contributed by atoms with Gasteiger partial charge in [0.2, 0.25) is 0 Å². The Balaban J connectivity index is 1.75. The van der Waals surface area contributed by atoms with Crippen LogP contribution in [0.4, 0.5) is 11.6 Å². The Labute approximate surface area is 143 Å². The van der Waals surface area contributed by atoms with Gasteiger partial charge in [-0.25, -0.2) is 4.98 Å². The van der Waals surface area contributed by atoms with E-state index in [9.17, 15) is 15.5 Å². The van der Waals surface area contributed by atoms with Crippen molar-refractivity contribution in [3.8, 4) is 6.07 Å². The van der Waals surface area contributed by atoms with Crippen molar-refractivity contribution in [2.45, 2.75) is 25.7 Å². The van der Waals surface area contributed by atoms with Crippen LogP contribution in [-0.4, -0.2) is 54.6 Å². The number of hydrogen-bond donors (Lipinski definition) is 2. The Morgan fingerprint density at radius 2 is 1.50 bits per heavy atom. The molecule has 0 atom stereocenters. The van der Waals surface area contributed by atoms with Crippen molar-refractivity contribution in [3.63, 3.8) is 0 Å². The fourth-order valence-corrected chi connectivity index (χ4v) is 3.61. The lowest BCUT2D eigenvalue weighted by molar-refractivity contribution is 0.202. The van der Waals surface area contributed by atoms with Gasteiger partial charge in [0.15, 0.2) is 0 Å². The summed E-state index contributed by atoms with van der Waals surface area (Å²) in [6.45, 7) is 3.98. The molecule has 0 amide bonds. The van der Waals surface area contributed by atoms with Crippen LogP contribution in [0.3, 0.4) is 0 Å². The van der Waals surface area contributed by atoms with Crippen LogP contribution < -0.4 is 9.80 Å². The molecule has 3 heterocycles. The number of aliphatic hydroxyl groups is 2. The summed E-state index contributed by atoms with van der Waals surface area (Å²) < 4.78 is 0. The Morgan fingerprint density at radius 1 is 0.958 bits per heavy atom. The van der Waals surface area contributed by atoms with Crippen molar-refractivity contribution in [1.29, 1.82) is 5.26 Å². The molecule has 2 fully saturated rings. The zero-order valence-electron chi connectivity index (χ0n) is 14.1. The highest BCUT2D eigenvalue weighted by Gasteiger charge is 2.24. The molecule has 0 aromatic carbocycles. The van der Waals surface area contributed by atoms with E-state index in [-0.39, 0.29) is 13.2 Å². The van der Waals surface area contributed by atoms with Crippen molar-refractivity contribution in [1.82, 2.24) is 4.98 Å². The molecular weight excluding hydrogens is 304 g/mol. The fraction of sp³-hybridized carbons (Fsp3) is 0.667. The first-order valence-corrected chi connectivity index (χ1v) is 8.88. The molecule has 2 aliphatic rings. The van der Waals surface area contributed by atoms with Gasteiger partial charge in [-0.15, -0.1) is 0 Å². The summed E-state index contributed by atoms with van der Waals surface area (Å²) in [5.74, 6) is 2.46. The van der Waals surface area contributed by atoms with Gasteiger partial charge in [-0.3, -0.25) is 0 Å². The molecule has 6 nitrogen and oxygen atoms in total. The van der Waals surface area contributed by atoms with Gasteiger partial charge >= 0.3 is 0 Å². The number of nitrogens with zero attached hydrogens (tertiary/aromatic N) is 4. The SMILES string of the molecule is N#Cc1ccc(N2CCC(CO)CC2)nc1N1CCC(CO)CC1. The lowest BCUT2D eigenvalue weighted by atomic mass is 9.97. The maximum absolute atomic E-state index is 9.42. The average Bonchev–Trinajstić information content (AvgIpc) is 2.67. The average molecular weight is 330 g/mol. The number of rotatable bonds is 4. The lowest BCUT2D eigenvalue weighted by Crippen LogP contribution is -2.37. The monoisotopic (exact) mass is 330 g/mol. The van der Waals surface area contributed by atoms with E-state index in [1.54, 1.807) is 0 Å². The van der Waals surface area contributed by atoms with E-state index < -0.39 is 0 Å². The van der Waals surface area contributed by atoms with Gasteiger partial charge in [-0.2, -0.15) is 5.26 Å². The maximum atomic E-state index is 9.42. The highest BCUT2D eigenvalue weighted by Crippen LogP contribution is 2.28. The third-order valence-electron chi connectivity index (χ3n) is 5.35. The first-order valence-electron chi connectivity index (χ1n) is 8.88. The van der Waals surface area contributed by atoms with Gasteiger partial charge < -0.3 is 20.0 Å². The second kappa shape index (κ2) is 7.82. The van der Waals surface area contributed by atoms with Crippen LogP contribution in [0.1, 0.15) is 31.2 Å². The number of pyridine rings is 1. The maximum Gasteiger partial charge on any atom is 0.148 e. The first-order chi connectivity index (χ1) is 11.7. The number of aromatic nitrogens is 1. The summed E-state index contributed by atoms with van der Waals surface area (Å²) in [5, 5.41) is 28.0. The van der Waals surface area contributed by atoms with Crippen molar-refractivity contribution in [3.05, 3.63) is 17.7 Å². The van der Waals surface area contributed by atoms with E-state index in [1.165, 1.54) is 0 Å². The Bertz CT molecular complexity index is 585. The van der Waals surface area contributed by atoms with Gasteiger partial charge in [-0.05, 0) is 49.7 Å². The Hall–Kier alpha value is -1.84. The van der Waals surface area contributed by atoms with Gasteiger partial charge in [0.25, 0.3) is 0 Å². The molecule has 0 unspecified atom stereocenters. The number of nitriles is 1. The molecular formula is C18H26N4O2. The molecule has 6 heteroatoms. The summed E-state index contributed by atoms with van der Waals surface area (Å²) >= 11 is 0. The number of hydrogen-bond acceptors (Lipinski definition) is 6. The summed E-state index contributed by atoms with van der Waals surface area (Å²) in [7, 11) is 0. The van der Waals surface area contributed by atoms with E-state index in [1.807, 2.05) is 12.1 Å². The molecule has 3 rings (SSSR count). The van der Waals surface area contributed by atoms with Crippen LogP contribution in [0.2, 0.25) is 0 Å². The van der Waals surface area contributed by atoms with Gasteiger partial charge in [0, 0.05) is 39.4 Å². The third kappa shape index (κ3) is 3.63. The molecule has 0 saturated carbocycles. The highest BCUT2D eigenvalue weighted by molar-refractivity contribution is 5.59. The predicted molar refractivity (Wildman–Crippen MR) is 93.0 cm³/mol.